The van der Waals surface area contributed by atoms with Gasteiger partial charge in [-0.15, -0.1) is 0 Å². The number of para-hydroxylation sites is 1. The van der Waals surface area contributed by atoms with Crippen molar-refractivity contribution in [2.24, 2.45) is 0 Å². The SMILES string of the molecule is CN(CC(=O)N1CCOCC1)C(=O)c1cc(-c2ccccc2)nc2ccccc12. The van der Waals surface area contributed by atoms with Crippen molar-refractivity contribution in [2.75, 3.05) is 39.9 Å². The van der Waals surface area contributed by atoms with Gasteiger partial charge in [0, 0.05) is 31.1 Å². The second kappa shape index (κ2) is 8.41. The molecule has 6 nitrogen and oxygen atoms in total. The first kappa shape index (κ1) is 19.1. The number of likely N-dealkylation sites (N-methyl/N-ethyl adjacent to an activating group) is 1. The number of rotatable bonds is 4. The third kappa shape index (κ3) is 4.12. The zero-order chi connectivity index (χ0) is 20.2. The molecule has 0 N–H and O–H groups in total. The van der Waals surface area contributed by atoms with E-state index in [1.54, 1.807) is 11.9 Å². The van der Waals surface area contributed by atoms with Gasteiger partial charge in [0.15, 0.2) is 0 Å². The van der Waals surface area contributed by atoms with Gasteiger partial charge in [-0.05, 0) is 12.1 Å². The van der Waals surface area contributed by atoms with Crippen LogP contribution in [0.1, 0.15) is 10.4 Å². The molecule has 1 fully saturated rings. The number of morpholine rings is 1. The molecule has 0 radical (unpaired) electrons. The second-order valence-corrected chi connectivity index (χ2v) is 7.09. The summed E-state index contributed by atoms with van der Waals surface area (Å²) in [5.41, 5.74) is 2.98. The lowest BCUT2D eigenvalue weighted by Gasteiger charge is -2.29. The van der Waals surface area contributed by atoms with Crippen molar-refractivity contribution in [3.05, 3.63) is 66.2 Å². The first-order chi connectivity index (χ1) is 14.1. The highest BCUT2D eigenvalue weighted by atomic mass is 16.5. The van der Waals surface area contributed by atoms with Gasteiger partial charge in [0.05, 0.1) is 36.5 Å². The Morgan fingerprint density at radius 2 is 1.72 bits per heavy atom. The number of fused-ring (bicyclic) bond motifs is 1. The maximum absolute atomic E-state index is 13.3. The van der Waals surface area contributed by atoms with Crippen molar-refractivity contribution in [3.63, 3.8) is 0 Å². The molecule has 6 heteroatoms. The number of aromatic nitrogens is 1. The first-order valence-electron chi connectivity index (χ1n) is 9.69. The van der Waals surface area contributed by atoms with E-state index in [1.807, 2.05) is 60.7 Å². The Labute approximate surface area is 169 Å². The normalized spacial score (nSPS) is 14.0. The Hall–Kier alpha value is -3.25. The first-order valence-corrected chi connectivity index (χ1v) is 9.69. The Morgan fingerprint density at radius 3 is 2.48 bits per heavy atom. The van der Waals surface area contributed by atoms with E-state index in [0.717, 1.165) is 22.2 Å². The number of carbonyl (C=O) groups is 2. The maximum Gasteiger partial charge on any atom is 0.254 e. The number of amides is 2. The van der Waals surface area contributed by atoms with Crippen LogP contribution in [0.15, 0.2) is 60.7 Å². The molecule has 1 aromatic heterocycles. The summed E-state index contributed by atoms with van der Waals surface area (Å²) < 4.78 is 5.29. The van der Waals surface area contributed by atoms with Crippen LogP contribution < -0.4 is 0 Å². The minimum absolute atomic E-state index is 0.0379. The number of pyridine rings is 1. The third-order valence-electron chi connectivity index (χ3n) is 5.10. The molecule has 0 saturated carbocycles. The molecule has 2 amide bonds. The van der Waals surface area contributed by atoms with Gasteiger partial charge in [0.25, 0.3) is 5.91 Å². The van der Waals surface area contributed by atoms with Crippen LogP contribution in [0.25, 0.3) is 22.2 Å². The number of ether oxygens (including phenoxy) is 1. The molecular formula is C23H23N3O3. The van der Waals surface area contributed by atoms with E-state index in [-0.39, 0.29) is 18.4 Å². The number of hydrogen-bond acceptors (Lipinski definition) is 4. The Morgan fingerprint density at radius 1 is 1.03 bits per heavy atom. The molecule has 2 aromatic carbocycles. The van der Waals surface area contributed by atoms with Crippen molar-refractivity contribution in [2.45, 2.75) is 0 Å². The Balaban J connectivity index is 1.64. The molecule has 3 aromatic rings. The highest BCUT2D eigenvalue weighted by Gasteiger charge is 2.23. The molecule has 148 valence electrons. The number of carbonyl (C=O) groups excluding carboxylic acids is 2. The van der Waals surface area contributed by atoms with Gasteiger partial charge in [-0.1, -0.05) is 48.5 Å². The molecule has 0 unspecified atom stereocenters. The molecule has 0 atom stereocenters. The number of benzene rings is 2. The van der Waals surface area contributed by atoms with E-state index < -0.39 is 0 Å². The van der Waals surface area contributed by atoms with Crippen molar-refractivity contribution in [3.8, 4) is 11.3 Å². The summed E-state index contributed by atoms with van der Waals surface area (Å²) in [6, 6.07) is 19.2. The zero-order valence-corrected chi connectivity index (χ0v) is 16.4. The molecule has 0 spiro atoms. The van der Waals surface area contributed by atoms with E-state index in [1.165, 1.54) is 4.90 Å². The van der Waals surface area contributed by atoms with E-state index in [4.69, 9.17) is 9.72 Å². The smallest absolute Gasteiger partial charge is 0.254 e. The van der Waals surface area contributed by atoms with Crippen LogP contribution in [0.3, 0.4) is 0 Å². The summed E-state index contributed by atoms with van der Waals surface area (Å²) in [4.78, 5) is 33.8. The third-order valence-corrected chi connectivity index (χ3v) is 5.10. The summed E-state index contributed by atoms with van der Waals surface area (Å²) in [5.74, 6) is -0.256. The van der Waals surface area contributed by atoms with Crippen LogP contribution in [0.2, 0.25) is 0 Å². The predicted octanol–water partition coefficient (Wildman–Crippen LogP) is 2.83. The summed E-state index contributed by atoms with van der Waals surface area (Å²) >= 11 is 0. The van der Waals surface area contributed by atoms with E-state index >= 15 is 0 Å². The molecule has 1 aliphatic rings. The average Bonchev–Trinajstić information content (AvgIpc) is 2.79. The number of hydrogen-bond donors (Lipinski definition) is 0. The summed E-state index contributed by atoms with van der Waals surface area (Å²) in [6.07, 6.45) is 0. The molecule has 0 aliphatic carbocycles. The fourth-order valence-electron chi connectivity index (χ4n) is 3.50. The number of nitrogens with zero attached hydrogens (tertiary/aromatic N) is 3. The van der Waals surface area contributed by atoms with Crippen molar-refractivity contribution in [1.82, 2.24) is 14.8 Å². The van der Waals surface area contributed by atoms with E-state index in [0.29, 0.717) is 31.9 Å². The van der Waals surface area contributed by atoms with Gasteiger partial charge in [-0.2, -0.15) is 0 Å². The summed E-state index contributed by atoms with van der Waals surface area (Å²) in [5, 5.41) is 0.780. The van der Waals surface area contributed by atoms with Crippen LogP contribution in [0, 0.1) is 0 Å². The summed E-state index contributed by atoms with van der Waals surface area (Å²) in [7, 11) is 1.66. The van der Waals surface area contributed by atoms with E-state index in [2.05, 4.69) is 0 Å². The average molecular weight is 389 g/mol. The van der Waals surface area contributed by atoms with Gasteiger partial charge in [0.1, 0.15) is 0 Å². The standard InChI is InChI=1S/C23H23N3O3/c1-25(16-22(27)26-11-13-29-14-12-26)23(28)19-15-21(17-7-3-2-4-8-17)24-20-10-6-5-9-18(19)20/h2-10,15H,11-14,16H2,1H3. The molecule has 1 saturated heterocycles. The van der Waals surface area contributed by atoms with Crippen LogP contribution >= 0.6 is 0 Å². The highest BCUT2D eigenvalue weighted by Crippen LogP contribution is 2.25. The Bertz CT molecular complexity index is 1030. The highest BCUT2D eigenvalue weighted by molar-refractivity contribution is 6.07. The van der Waals surface area contributed by atoms with Crippen molar-refractivity contribution >= 4 is 22.7 Å². The quantitative estimate of drug-likeness (QED) is 0.688. The Kier molecular flexibility index (Phi) is 5.53. The predicted molar refractivity (Wildman–Crippen MR) is 112 cm³/mol. The van der Waals surface area contributed by atoms with Crippen LogP contribution in [0.5, 0.6) is 0 Å². The minimum Gasteiger partial charge on any atom is -0.378 e. The van der Waals surface area contributed by atoms with Gasteiger partial charge in [0.2, 0.25) is 5.91 Å². The van der Waals surface area contributed by atoms with Crippen molar-refractivity contribution in [1.29, 1.82) is 0 Å². The van der Waals surface area contributed by atoms with Crippen LogP contribution in [-0.4, -0.2) is 66.5 Å². The zero-order valence-electron chi connectivity index (χ0n) is 16.4. The second-order valence-electron chi connectivity index (χ2n) is 7.09. The van der Waals surface area contributed by atoms with E-state index in [9.17, 15) is 9.59 Å². The lowest BCUT2D eigenvalue weighted by Crippen LogP contribution is -2.46. The lowest BCUT2D eigenvalue weighted by molar-refractivity contribution is -0.135. The molecule has 29 heavy (non-hydrogen) atoms. The van der Waals surface area contributed by atoms with Gasteiger partial charge >= 0.3 is 0 Å². The fourth-order valence-corrected chi connectivity index (χ4v) is 3.50. The van der Waals surface area contributed by atoms with Crippen LogP contribution in [0.4, 0.5) is 0 Å². The van der Waals surface area contributed by atoms with Gasteiger partial charge in [-0.3, -0.25) is 9.59 Å². The molecule has 1 aliphatic heterocycles. The topological polar surface area (TPSA) is 62.7 Å². The summed E-state index contributed by atoms with van der Waals surface area (Å²) in [6.45, 7) is 2.25. The monoisotopic (exact) mass is 389 g/mol. The maximum atomic E-state index is 13.3. The largest absolute Gasteiger partial charge is 0.378 e. The van der Waals surface area contributed by atoms with Crippen LogP contribution in [-0.2, 0) is 9.53 Å². The molecule has 2 heterocycles. The van der Waals surface area contributed by atoms with Gasteiger partial charge in [-0.25, -0.2) is 4.98 Å². The lowest BCUT2D eigenvalue weighted by atomic mass is 10.0. The van der Waals surface area contributed by atoms with Gasteiger partial charge < -0.3 is 14.5 Å². The molecule has 4 rings (SSSR count). The van der Waals surface area contributed by atoms with Crippen molar-refractivity contribution < 1.29 is 14.3 Å². The fraction of sp³-hybridized carbons (Fsp3) is 0.261. The minimum atomic E-state index is -0.192. The molecule has 0 bridgehead atoms. The molecular weight excluding hydrogens is 366 g/mol.